The van der Waals surface area contributed by atoms with Crippen molar-refractivity contribution in [1.29, 1.82) is 0 Å². The number of phenolic OH excluding ortho intramolecular Hbond substituents is 2. The summed E-state index contributed by atoms with van der Waals surface area (Å²) in [5, 5.41) is 20.9. The molecule has 1 atom stereocenters. The molecule has 2 aliphatic heterocycles. The second-order valence-electron chi connectivity index (χ2n) is 8.85. The lowest BCUT2D eigenvalue weighted by Gasteiger charge is -2.28. The summed E-state index contributed by atoms with van der Waals surface area (Å²) in [4.78, 5) is 25.8. The standard InChI is InChI=1S/C28H22O10/c1-33-19-4-3-13(7-16(19)29)20-11-17(30)26-18(31)12-21-25(28(26)38-20)15(10-24(32)37-21)14-8-22(34-2)27-23(9-14)35-5-6-36-27/h3-4,7-9,11-12,15,29,31H,5-6,10H2,1-2H3/t15-/m1/s1. The molecule has 10 heteroatoms. The first-order valence-corrected chi connectivity index (χ1v) is 11.8. The summed E-state index contributed by atoms with van der Waals surface area (Å²) in [5.41, 5.74) is 1.01. The van der Waals surface area contributed by atoms with Crippen molar-refractivity contribution in [1.82, 2.24) is 0 Å². The van der Waals surface area contributed by atoms with E-state index in [0.29, 0.717) is 47.2 Å². The van der Waals surface area contributed by atoms with Crippen LogP contribution in [0.3, 0.4) is 0 Å². The molecule has 194 valence electrons. The van der Waals surface area contributed by atoms with Crippen molar-refractivity contribution in [3.8, 4) is 51.6 Å². The Kier molecular flexibility index (Phi) is 5.52. The van der Waals surface area contributed by atoms with Gasteiger partial charge in [-0.1, -0.05) is 0 Å². The molecule has 0 fully saturated rings. The first kappa shape index (κ1) is 23.5. The minimum Gasteiger partial charge on any atom is -0.507 e. The lowest BCUT2D eigenvalue weighted by molar-refractivity contribution is -0.135. The van der Waals surface area contributed by atoms with Crippen LogP contribution < -0.4 is 29.1 Å². The van der Waals surface area contributed by atoms with E-state index in [1.54, 1.807) is 24.3 Å². The summed E-state index contributed by atoms with van der Waals surface area (Å²) in [6, 6.07) is 10.5. The lowest BCUT2D eigenvalue weighted by atomic mass is 9.84. The third-order valence-electron chi connectivity index (χ3n) is 6.64. The number of aromatic hydroxyl groups is 2. The van der Waals surface area contributed by atoms with Gasteiger partial charge in [0.25, 0.3) is 0 Å². The fourth-order valence-electron chi connectivity index (χ4n) is 4.92. The van der Waals surface area contributed by atoms with E-state index in [2.05, 4.69) is 0 Å². The van der Waals surface area contributed by atoms with Crippen LogP contribution in [0.2, 0.25) is 0 Å². The molecule has 0 saturated heterocycles. The second-order valence-corrected chi connectivity index (χ2v) is 8.85. The topological polar surface area (TPSA) is 134 Å². The molecular weight excluding hydrogens is 496 g/mol. The molecule has 0 unspecified atom stereocenters. The van der Waals surface area contributed by atoms with E-state index in [0.717, 1.165) is 0 Å². The van der Waals surface area contributed by atoms with Gasteiger partial charge in [-0.3, -0.25) is 9.59 Å². The van der Waals surface area contributed by atoms with Crippen molar-refractivity contribution in [2.24, 2.45) is 0 Å². The molecule has 0 amide bonds. The molecule has 38 heavy (non-hydrogen) atoms. The zero-order valence-electron chi connectivity index (χ0n) is 20.4. The molecule has 0 bridgehead atoms. The van der Waals surface area contributed by atoms with E-state index in [4.69, 9.17) is 28.1 Å². The SMILES string of the molecule is COc1ccc(-c2cc(=O)c3c(O)cc4c(c3o2)[C@@H](c2cc(OC)c3c(c2)OCCO3)CC(=O)O4)cc1O. The van der Waals surface area contributed by atoms with Gasteiger partial charge in [0.2, 0.25) is 5.75 Å². The zero-order valence-corrected chi connectivity index (χ0v) is 20.4. The molecule has 4 aromatic rings. The van der Waals surface area contributed by atoms with Crippen LogP contribution in [0.25, 0.3) is 22.3 Å². The van der Waals surface area contributed by atoms with Crippen LogP contribution in [0.5, 0.6) is 40.2 Å². The second kappa shape index (κ2) is 8.91. The van der Waals surface area contributed by atoms with E-state index in [1.165, 1.54) is 32.4 Å². The van der Waals surface area contributed by atoms with Gasteiger partial charge in [-0.25, -0.2) is 0 Å². The number of esters is 1. The molecule has 3 heterocycles. The van der Waals surface area contributed by atoms with E-state index in [-0.39, 0.29) is 46.1 Å². The number of phenols is 2. The predicted molar refractivity (Wildman–Crippen MR) is 134 cm³/mol. The summed E-state index contributed by atoms with van der Waals surface area (Å²) in [6.07, 6.45) is -0.0626. The monoisotopic (exact) mass is 518 g/mol. The summed E-state index contributed by atoms with van der Waals surface area (Å²) in [5.74, 6) is 0.158. The smallest absolute Gasteiger partial charge is 0.312 e. The van der Waals surface area contributed by atoms with Crippen molar-refractivity contribution in [2.45, 2.75) is 12.3 Å². The molecule has 0 spiro atoms. The number of carbonyl (C=O) groups excluding carboxylic acids is 1. The number of methoxy groups -OCH3 is 2. The average molecular weight is 518 g/mol. The Balaban J connectivity index is 1.60. The molecule has 6 rings (SSSR count). The van der Waals surface area contributed by atoms with Crippen LogP contribution in [0.1, 0.15) is 23.5 Å². The molecule has 10 nitrogen and oxygen atoms in total. The van der Waals surface area contributed by atoms with Crippen LogP contribution in [-0.2, 0) is 4.79 Å². The number of ether oxygens (including phenoxy) is 5. The first-order chi connectivity index (χ1) is 18.4. The third-order valence-corrected chi connectivity index (χ3v) is 6.64. The molecule has 3 aromatic carbocycles. The van der Waals surface area contributed by atoms with Gasteiger partial charge >= 0.3 is 5.97 Å². The van der Waals surface area contributed by atoms with E-state index in [1.807, 2.05) is 0 Å². The van der Waals surface area contributed by atoms with E-state index >= 15 is 0 Å². The van der Waals surface area contributed by atoms with Crippen LogP contribution >= 0.6 is 0 Å². The highest BCUT2D eigenvalue weighted by Crippen LogP contribution is 2.49. The van der Waals surface area contributed by atoms with Crippen molar-refractivity contribution in [3.05, 3.63) is 63.8 Å². The van der Waals surface area contributed by atoms with Gasteiger partial charge in [-0.05, 0) is 35.9 Å². The van der Waals surface area contributed by atoms with Crippen LogP contribution in [0.4, 0.5) is 0 Å². The third kappa shape index (κ3) is 3.73. The Morgan fingerprint density at radius 2 is 1.66 bits per heavy atom. The quantitative estimate of drug-likeness (QED) is 0.300. The molecule has 0 radical (unpaired) electrons. The largest absolute Gasteiger partial charge is 0.507 e. The average Bonchev–Trinajstić information content (AvgIpc) is 2.91. The Hall–Kier alpha value is -4.86. The normalized spacial score (nSPS) is 16.1. The van der Waals surface area contributed by atoms with Gasteiger partial charge in [0.15, 0.2) is 28.4 Å². The summed E-state index contributed by atoms with van der Waals surface area (Å²) >= 11 is 0. The lowest BCUT2D eigenvalue weighted by Crippen LogP contribution is -2.22. The van der Waals surface area contributed by atoms with Crippen molar-refractivity contribution < 1.29 is 43.1 Å². The van der Waals surface area contributed by atoms with Gasteiger partial charge < -0.3 is 38.3 Å². The van der Waals surface area contributed by atoms with Gasteiger partial charge in [-0.2, -0.15) is 0 Å². The molecule has 1 aromatic heterocycles. The highest BCUT2D eigenvalue weighted by molar-refractivity contribution is 5.93. The maximum Gasteiger partial charge on any atom is 0.312 e. The number of carbonyl (C=O) groups is 1. The van der Waals surface area contributed by atoms with Crippen molar-refractivity contribution in [2.75, 3.05) is 27.4 Å². The number of fused-ring (bicyclic) bond motifs is 4. The highest BCUT2D eigenvalue weighted by atomic mass is 16.6. The summed E-state index contributed by atoms with van der Waals surface area (Å²) in [6.45, 7) is 0.729. The van der Waals surface area contributed by atoms with Gasteiger partial charge in [0.1, 0.15) is 41.4 Å². The fraction of sp³-hybridized carbons (Fsp3) is 0.214. The molecule has 0 saturated carbocycles. The zero-order chi connectivity index (χ0) is 26.6. The van der Waals surface area contributed by atoms with Gasteiger partial charge in [-0.15, -0.1) is 0 Å². The minimum atomic E-state index is -0.623. The highest BCUT2D eigenvalue weighted by Gasteiger charge is 2.35. The Labute approximate surface area is 215 Å². The van der Waals surface area contributed by atoms with Crippen molar-refractivity contribution >= 4 is 16.9 Å². The Morgan fingerprint density at radius 1 is 0.868 bits per heavy atom. The molecule has 0 aliphatic carbocycles. The maximum atomic E-state index is 13.2. The first-order valence-electron chi connectivity index (χ1n) is 11.8. The van der Waals surface area contributed by atoms with Crippen molar-refractivity contribution in [3.63, 3.8) is 0 Å². The molecular formula is C28H22O10. The molecule has 2 aliphatic rings. The Morgan fingerprint density at radius 3 is 2.42 bits per heavy atom. The number of hydrogen-bond acceptors (Lipinski definition) is 10. The fourth-order valence-corrected chi connectivity index (χ4v) is 4.92. The van der Waals surface area contributed by atoms with Crippen LogP contribution in [0.15, 0.2) is 51.7 Å². The van der Waals surface area contributed by atoms with Gasteiger partial charge in [0.05, 0.1) is 20.6 Å². The predicted octanol–water partition coefficient (Wildman–Crippen LogP) is 4.10. The van der Waals surface area contributed by atoms with Crippen LogP contribution in [0, 0.1) is 0 Å². The summed E-state index contributed by atoms with van der Waals surface area (Å²) in [7, 11) is 2.93. The molecule has 2 N–H and O–H groups in total. The number of rotatable bonds is 4. The minimum absolute atomic E-state index is 0.0577. The van der Waals surface area contributed by atoms with Gasteiger partial charge in [0, 0.05) is 29.2 Å². The maximum absolute atomic E-state index is 13.2. The number of hydrogen-bond donors (Lipinski definition) is 2. The Bertz CT molecular complexity index is 1650. The van der Waals surface area contributed by atoms with E-state index < -0.39 is 17.3 Å². The van der Waals surface area contributed by atoms with Crippen LogP contribution in [-0.4, -0.2) is 43.6 Å². The summed E-state index contributed by atoms with van der Waals surface area (Å²) < 4.78 is 33.8. The number of benzene rings is 3. The van der Waals surface area contributed by atoms with E-state index in [9.17, 15) is 19.8 Å².